The van der Waals surface area contributed by atoms with Crippen molar-refractivity contribution in [3.8, 4) is 0 Å². The van der Waals surface area contributed by atoms with Crippen molar-refractivity contribution in [2.24, 2.45) is 0 Å². The van der Waals surface area contributed by atoms with Gasteiger partial charge in [-0.05, 0) is 41.5 Å². The van der Waals surface area contributed by atoms with Gasteiger partial charge in [0.2, 0.25) is 0 Å². The number of esters is 1. The molecule has 7 nitrogen and oxygen atoms in total. The Balaban J connectivity index is 2.30. The van der Waals surface area contributed by atoms with Gasteiger partial charge in [0.1, 0.15) is 6.10 Å². The molecule has 27 heavy (non-hydrogen) atoms. The monoisotopic (exact) mass is 392 g/mol. The molecule has 2 aromatic rings. The van der Waals surface area contributed by atoms with Gasteiger partial charge in [0.25, 0.3) is 0 Å². The van der Waals surface area contributed by atoms with E-state index in [2.05, 4.69) is 10.1 Å². The molecule has 8 heteroatoms. The topological polar surface area (TPSA) is 99.9 Å². The van der Waals surface area contributed by atoms with Gasteiger partial charge in [-0.1, -0.05) is 23.7 Å². The highest BCUT2D eigenvalue weighted by Crippen LogP contribution is 2.30. The second-order valence-corrected chi connectivity index (χ2v) is 6.04. The number of nitrogens with one attached hydrogen (secondary N) is 1. The number of hydrogen-bond donors (Lipinski definition) is 2. The van der Waals surface area contributed by atoms with E-state index in [4.69, 9.17) is 26.8 Å². The van der Waals surface area contributed by atoms with Gasteiger partial charge in [-0.25, -0.2) is 9.59 Å². The number of rotatable bonds is 7. The van der Waals surface area contributed by atoms with E-state index in [1.165, 1.54) is 20.3 Å². The lowest BCUT2D eigenvalue weighted by Gasteiger charge is -2.20. The minimum absolute atomic E-state index is 0.203. The summed E-state index contributed by atoms with van der Waals surface area (Å²) >= 11 is 6.11. The van der Waals surface area contributed by atoms with Crippen molar-refractivity contribution in [3.63, 3.8) is 0 Å². The Labute approximate surface area is 162 Å². The molecule has 3 N–H and O–H groups in total. The average Bonchev–Trinajstić information content (AvgIpc) is 2.66. The molecule has 144 valence electrons. The van der Waals surface area contributed by atoms with Crippen LogP contribution in [0.15, 0.2) is 42.5 Å². The molecule has 0 heterocycles. The first-order valence-corrected chi connectivity index (χ1v) is 8.50. The highest BCUT2D eigenvalue weighted by molar-refractivity contribution is 6.30. The molecule has 0 bridgehead atoms. The zero-order valence-electron chi connectivity index (χ0n) is 15.0. The van der Waals surface area contributed by atoms with Crippen LogP contribution in [0.2, 0.25) is 5.02 Å². The number of nitrogen functional groups attached to an aromatic ring is 1. The van der Waals surface area contributed by atoms with Crippen molar-refractivity contribution in [2.75, 3.05) is 33.1 Å². The Kier molecular flexibility index (Phi) is 7.45. The number of nitrogens with two attached hydrogens (primary N) is 1. The summed E-state index contributed by atoms with van der Waals surface area (Å²) in [5, 5.41) is 3.09. The number of halogens is 1. The summed E-state index contributed by atoms with van der Waals surface area (Å²) in [6, 6.07) is 12.1. The van der Waals surface area contributed by atoms with Gasteiger partial charge in [-0.3, -0.25) is 0 Å². The van der Waals surface area contributed by atoms with E-state index in [0.29, 0.717) is 21.8 Å². The van der Waals surface area contributed by atoms with Crippen molar-refractivity contribution in [2.45, 2.75) is 6.10 Å². The van der Waals surface area contributed by atoms with Crippen LogP contribution in [0.25, 0.3) is 0 Å². The zero-order chi connectivity index (χ0) is 19.8. The van der Waals surface area contributed by atoms with Crippen molar-refractivity contribution < 1.29 is 23.8 Å². The van der Waals surface area contributed by atoms with Crippen LogP contribution in [0.4, 0.5) is 10.5 Å². The van der Waals surface area contributed by atoms with Crippen LogP contribution in [0.5, 0.6) is 0 Å². The third-order valence-corrected chi connectivity index (χ3v) is 3.93. The highest BCUT2D eigenvalue weighted by atomic mass is 35.5. The number of carbonyl (C=O) groups excluding carboxylic acids is 2. The SMILES string of the molecule is COC(=O)NCCOC(c1cccc(Cl)c1)c1cc(N)cc(C(=O)OC)c1. The number of amides is 1. The number of methoxy groups -OCH3 is 2. The molecule has 0 aliphatic heterocycles. The molecule has 0 aromatic heterocycles. The number of alkyl carbamates (subject to hydrolysis) is 1. The van der Waals surface area contributed by atoms with Gasteiger partial charge in [-0.2, -0.15) is 0 Å². The highest BCUT2D eigenvalue weighted by Gasteiger charge is 2.19. The summed E-state index contributed by atoms with van der Waals surface area (Å²) in [5.41, 5.74) is 8.10. The molecule has 1 atom stereocenters. The zero-order valence-corrected chi connectivity index (χ0v) is 15.8. The van der Waals surface area contributed by atoms with Gasteiger partial charge in [0.15, 0.2) is 0 Å². The lowest BCUT2D eigenvalue weighted by molar-refractivity contribution is 0.0599. The smallest absolute Gasteiger partial charge is 0.406 e. The van der Waals surface area contributed by atoms with E-state index in [9.17, 15) is 9.59 Å². The minimum Gasteiger partial charge on any atom is -0.465 e. The largest absolute Gasteiger partial charge is 0.465 e. The van der Waals surface area contributed by atoms with Crippen molar-refractivity contribution in [1.82, 2.24) is 5.32 Å². The second kappa shape index (κ2) is 9.80. The third kappa shape index (κ3) is 5.87. The molecule has 0 saturated heterocycles. The van der Waals surface area contributed by atoms with E-state index in [1.54, 1.807) is 30.3 Å². The van der Waals surface area contributed by atoms with Crippen LogP contribution in [0.1, 0.15) is 27.6 Å². The van der Waals surface area contributed by atoms with Gasteiger partial charge in [0.05, 0.1) is 26.4 Å². The van der Waals surface area contributed by atoms with Gasteiger partial charge >= 0.3 is 12.1 Å². The van der Waals surface area contributed by atoms with E-state index < -0.39 is 18.2 Å². The van der Waals surface area contributed by atoms with E-state index in [-0.39, 0.29) is 13.2 Å². The Bertz CT molecular complexity index is 812. The molecule has 0 aliphatic carbocycles. The van der Waals surface area contributed by atoms with Crippen LogP contribution in [-0.4, -0.2) is 39.4 Å². The number of ether oxygens (including phenoxy) is 3. The quantitative estimate of drug-likeness (QED) is 0.426. The minimum atomic E-state index is -0.546. The summed E-state index contributed by atoms with van der Waals surface area (Å²) in [4.78, 5) is 23.1. The Morgan fingerprint density at radius 1 is 1.11 bits per heavy atom. The van der Waals surface area contributed by atoms with E-state index >= 15 is 0 Å². The predicted octanol–water partition coefficient (Wildman–Crippen LogP) is 3.17. The van der Waals surface area contributed by atoms with Gasteiger partial charge in [0, 0.05) is 17.3 Å². The maximum atomic E-state index is 11.9. The fraction of sp³-hybridized carbons (Fsp3) is 0.263. The van der Waals surface area contributed by atoms with Crippen LogP contribution in [-0.2, 0) is 14.2 Å². The number of benzene rings is 2. The Morgan fingerprint density at radius 2 is 1.89 bits per heavy atom. The fourth-order valence-electron chi connectivity index (χ4n) is 2.52. The van der Waals surface area contributed by atoms with Crippen LogP contribution in [0.3, 0.4) is 0 Å². The third-order valence-electron chi connectivity index (χ3n) is 3.69. The molecule has 0 radical (unpaired) electrons. The summed E-state index contributed by atoms with van der Waals surface area (Å²) in [6.45, 7) is 0.449. The molecule has 0 aliphatic rings. The second-order valence-electron chi connectivity index (χ2n) is 5.60. The summed E-state index contributed by atoms with van der Waals surface area (Å²) in [5.74, 6) is -0.499. The number of hydrogen-bond acceptors (Lipinski definition) is 6. The van der Waals surface area contributed by atoms with Crippen molar-refractivity contribution in [3.05, 3.63) is 64.2 Å². The van der Waals surface area contributed by atoms with Crippen LogP contribution >= 0.6 is 11.6 Å². The Morgan fingerprint density at radius 3 is 2.56 bits per heavy atom. The van der Waals surface area contributed by atoms with E-state index in [1.807, 2.05) is 6.07 Å². The molecule has 0 spiro atoms. The number of carbonyl (C=O) groups is 2. The first kappa shape index (κ1) is 20.5. The molecule has 2 rings (SSSR count). The average molecular weight is 393 g/mol. The number of anilines is 1. The molecule has 0 fully saturated rings. The normalized spacial score (nSPS) is 11.5. The van der Waals surface area contributed by atoms with Crippen LogP contribution in [0, 0.1) is 0 Å². The lowest BCUT2D eigenvalue weighted by atomic mass is 9.98. The van der Waals surface area contributed by atoms with Gasteiger partial charge in [-0.15, -0.1) is 0 Å². The first-order valence-electron chi connectivity index (χ1n) is 8.12. The maximum absolute atomic E-state index is 11.9. The van der Waals surface area contributed by atoms with Crippen molar-refractivity contribution >= 4 is 29.4 Å². The molecule has 0 saturated carbocycles. The molecule has 1 amide bonds. The van der Waals surface area contributed by atoms with Gasteiger partial charge < -0.3 is 25.3 Å². The maximum Gasteiger partial charge on any atom is 0.406 e. The van der Waals surface area contributed by atoms with Crippen molar-refractivity contribution in [1.29, 1.82) is 0 Å². The fourth-order valence-corrected chi connectivity index (χ4v) is 2.72. The standard InChI is InChI=1S/C19H21ClN2O5/c1-25-18(23)14-8-13(10-16(21)11-14)17(12-4-3-5-15(20)9-12)27-7-6-22-19(24)26-2/h3-5,8-11,17H,6-7,21H2,1-2H3,(H,22,24). The van der Waals surface area contributed by atoms with Crippen LogP contribution < -0.4 is 11.1 Å². The summed E-state index contributed by atoms with van der Waals surface area (Å²) < 4.78 is 15.2. The molecular weight excluding hydrogens is 372 g/mol. The molecule has 2 aromatic carbocycles. The van der Waals surface area contributed by atoms with E-state index in [0.717, 1.165) is 5.56 Å². The summed E-state index contributed by atoms with van der Waals surface area (Å²) in [7, 11) is 2.58. The first-order chi connectivity index (χ1) is 12.9. The lowest BCUT2D eigenvalue weighted by Crippen LogP contribution is -2.27. The predicted molar refractivity (Wildman–Crippen MR) is 102 cm³/mol. The Hall–Kier alpha value is -2.77. The molecular formula is C19H21ClN2O5. The molecule has 1 unspecified atom stereocenters. The summed E-state index contributed by atoms with van der Waals surface area (Å²) in [6.07, 6.45) is -1.09.